The van der Waals surface area contributed by atoms with Crippen LogP contribution in [0.5, 0.6) is 0 Å². The van der Waals surface area contributed by atoms with E-state index in [-0.39, 0.29) is 39.0 Å². The van der Waals surface area contributed by atoms with E-state index in [2.05, 4.69) is 15.0 Å². The molecular formula is C19H16Cl2F3N5O3S. The first-order chi connectivity index (χ1) is 15.4. The molecular weight excluding hydrogens is 506 g/mol. The van der Waals surface area contributed by atoms with Crippen LogP contribution in [0.15, 0.2) is 35.4 Å². The van der Waals surface area contributed by atoms with Gasteiger partial charge >= 0.3 is 10.2 Å². The summed E-state index contributed by atoms with van der Waals surface area (Å²) in [6.45, 7) is -1.34. The fraction of sp³-hybridized carbons (Fsp3) is 0.263. The zero-order valence-corrected chi connectivity index (χ0v) is 19.2. The summed E-state index contributed by atoms with van der Waals surface area (Å²) >= 11 is 12.6. The average Bonchev–Trinajstić information content (AvgIpc) is 3.12. The van der Waals surface area contributed by atoms with Gasteiger partial charge in [0.1, 0.15) is 5.82 Å². The number of hydrogen-bond donors (Lipinski definition) is 2. The van der Waals surface area contributed by atoms with Crippen molar-refractivity contribution < 1.29 is 21.6 Å². The minimum Gasteiger partial charge on any atom is -0.351 e. The monoisotopic (exact) mass is 521 g/mol. The topological polar surface area (TPSA) is 96.3 Å². The van der Waals surface area contributed by atoms with Gasteiger partial charge in [-0.05, 0) is 24.3 Å². The molecule has 0 spiro atoms. The van der Waals surface area contributed by atoms with E-state index in [9.17, 15) is 26.4 Å². The zero-order valence-electron chi connectivity index (χ0n) is 16.9. The highest BCUT2D eigenvalue weighted by Gasteiger charge is 2.43. The molecule has 1 aliphatic heterocycles. The van der Waals surface area contributed by atoms with E-state index in [0.717, 1.165) is 12.1 Å². The predicted octanol–water partition coefficient (Wildman–Crippen LogP) is 4.12. The molecule has 0 saturated carbocycles. The van der Waals surface area contributed by atoms with Crippen LogP contribution in [0.3, 0.4) is 0 Å². The van der Waals surface area contributed by atoms with Gasteiger partial charge in [0, 0.05) is 20.0 Å². The molecule has 0 amide bonds. The van der Waals surface area contributed by atoms with Gasteiger partial charge in [-0.3, -0.25) is 9.52 Å². The minimum atomic E-state index is -4.37. The molecule has 1 aliphatic rings. The van der Waals surface area contributed by atoms with Crippen molar-refractivity contribution in [2.45, 2.75) is 12.3 Å². The summed E-state index contributed by atoms with van der Waals surface area (Å²) in [4.78, 5) is 16.5. The van der Waals surface area contributed by atoms with E-state index < -0.39 is 40.5 Å². The van der Waals surface area contributed by atoms with Gasteiger partial charge < -0.3 is 9.88 Å². The maximum Gasteiger partial charge on any atom is 0.301 e. The van der Waals surface area contributed by atoms with Crippen molar-refractivity contribution in [2.75, 3.05) is 23.1 Å². The van der Waals surface area contributed by atoms with Crippen molar-refractivity contribution in [3.05, 3.63) is 56.8 Å². The molecule has 1 saturated heterocycles. The number of anilines is 3. The molecule has 33 heavy (non-hydrogen) atoms. The molecule has 0 atom stereocenters. The summed E-state index contributed by atoms with van der Waals surface area (Å²) in [7, 11) is -2.87. The number of nitrogens with one attached hydrogen (secondary N) is 2. The van der Waals surface area contributed by atoms with Gasteiger partial charge in [0.25, 0.3) is 11.5 Å². The number of nitrogens with zero attached hydrogens (tertiary/aromatic N) is 3. The third-order valence-electron chi connectivity index (χ3n) is 5.09. The molecule has 4 rings (SSSR count). The maximum atomic E-state index is 14.6. The highest BCUT2D eigenvalue weighted by molar-refractivity contribution is 7.90. The lowest BCUT2D eigenvalue weighted by Gasteiger charge is -2.19. The van der Waals surface area contributed by atoms with E-state index in [1.807, 2.05) is 0 Å². The molecule has 2 heterocycles. The Hall–Kier alpha value is -2.54. The fourth-order valence-corrected chi connectivity index (χ4v) is 5.20. The molecule has 1 aromatic heterocycles. The first kappa shape index (κ1) is 23.6. The molecule has 0 bridgehead atoms. The van der Waals surface area contributed by atoms with Crippen LogP contribution in [-0.4, -0.2) is 41.3 Å². The number of hydrogen-bond acceptors (Lipinski definition) is 5. The Balaban J connectivity index is 1.69. The summed E-state index contributed by atoms with van der Waals surface area (Å²) in [5.74, 6) is -3.97. The molecule has 1 fully saturated rings. The van der Waals surface area contributed by atoms with Crippen LogP contribution < -0.4 is 15.6 Å². The number of halogens is 5. The van der Waals surface area contributed by atoms with Crippen LogP contribution in [0.25, 0.3) is 10.9 Å². The molecule has 3 aromatic rings. The first-order valence-electron chi connectivity index (χ1n) is 9.44. The zero-order chi connectivity index (χ0) is 24.1. The molecule has 2 aromatic carbocycles. The van der Waals surface area contributed by atoms with Crippen molar-refractivity contribution in [3.63, 3.8) is 0 Å². The van der Waals surface area contributed by atoms with Gasteiger partial charge in [-0.1, -0.05) is 23.2 Å². The van der Waals surface area contributed by atoms with Crippen molar-refractivity contribution in [3.8, 4) is 0 Å². The highest BCUT2D eigenvalue weighted by Crippen LogP contribution is 2.38. The van der Waals surface area contributed by atoms with Crippen LogP contribution in [0.1, 0.15) is 6.42 Å². The summed E-state index contributed by atoms with van der Waals surface area (Å²) in [6, 6.07) is 4.96. The van der Waals surface area contributed by atoms with Crippen LogP contribution >= 0.6 is 23.2 Å². The number of benzene rings is 2. The first-order valence-corrected chi connectivity index (χ1v) is 11.6. The lowest BCUT2D eigenvalue weighted by molar-refractivity contribution is 0.0184. The molecule has 2 N–H and O–H groups in total. The third-order valence-corrected chi connectivity index (χ3v) is 7.34. The van der Waals surface area contributed by atoms with Crippen molar-refractivity contribution in [2.24, 2.45) is 7.05 Å². The lowest BCUT2D eigenvalue weighted by atomic mass is 10.2. The van der Waals surface area contributed by atoms with Crippen LogP contribution in [0.4, 0.5) is 30.2 Å². The van der Waals surface area contributed by atoms with Gasteiger partial charge in [0.05, 0.1) is 50.9 Å². The Labute approximate surface area is 196 Å². The van der Waals surface area contributed by atoms with Crippen LogP contribution in [0, 0.1) is 5.82 Å². The number of alkyl halides is 2. The van der Waals surface area contributed by atoms with E-state index >= 15 is 0 Å². The third kappa shape index (κ3) is 4.47. The van der Waals surface area contributed by atoms with E-state index in [1.54, 1.807) is 0 Å². The van der Waals surface area contributed by atoms with E-state index in [0.29, 0.717) is 9.82 Å². The van der Waals surface area contributed by atoms with E-state index in [1.165, 1.54) is 30.1 Å². The summed E-state index contributed by atoms with van der Waals surface area (Å²) < 4.78 is 70.4. The van der Waals surface area contributed by atoms with Crippen molar-refractivity contribution in [1.82, 2.24) is 13.9 Å². The standard InChI is InChI=1S/C19H16Cl2F3N5O3S/c1-28-9-25-11-4-5-12(15(20)14(11)18(28)30)26-17-10(22)2-3-13(16(17)21)27-33(31,32)29-7-6-19(23,24)8-29/h2-5,9,26-27H,6-8H2,1H3. The molecule has 14 heteroatoms. The van der Waals surface area contributed by atoms with Gasteiger partial charge in [-0.2, -0.15) is 12.7 Å². The summed E-state index contributed by atoms with van der Waals surface area (Å²) in [5.41, 5.74) is -0.543. The molecule has 0 aliphatic carbocycles. The van der Waals surface area contributed by atoms with Gasteiger partial charge in [-0.15, -0.1) is 0 Å². The summed E-state index contributed by atoms with van der Waals surface area (Å²) in [5, 5.41) is 2.36. The fourth-order valence-electron chi connectivity index (χ4n) is 3.34. The second kappa shape index (κ2) is 8.35. The van der Waals surface area contributed by atoms with E-state index in [4.69, 9.17) is 23.2 Å². The normalized spacial score (nSPS) is 16.3. The SMILES string of the molecule is Cn1cnc2ccc(Nc3c(F)ccc(NS(=O)(=O)N4CCC(F)(F)C4)c3Cl)c(Cl)c2c1=O. The quantitative estimate of drug-likeness (QED) is 0.526. The smallest absolute Gasteiger partial charge is 0.301 e. The lowest BCUT2D eigenvalue weighted by Crippen LogP contribution is -2.36. The molecule has 0 unspecified atom stereocenters. The Morgan fingerprint density at radius 2 is 1.82 bits per heavy atom. The van der Waals surface area contributed by atoms with Crippen molar-refractivity contribution >= 4 is 61.4 Å². The van der Waals surface area contributed by atoms with Crippen LogP contribution in [-0.2, 0) is 17.3 Å². The Morgan fingerprint density at radius 3 is 2.48 bits per heavy atom. The average molecular weight is 522 g/mol. The predicted molar refractivity (Wildman–Crippen MR) is 120 cm³/mol. The molecule has 8 nitrogen and oxygen atoms in total. The minimum absolute atomic E-state index is 0.0399. The summed E-state index contributed by atoms with van der Waals surface area (Å²) in [6.07, 6.45) is 0.725. The van der Waals surface area contributed by atoms with Gasteiger partial charge in [0.15, 0.2) is 0 Å². The number of aryl methyl sites for hydroxylation is 1. The van der Waals surface area contributed by atoms with Crippen LogP contribution in [0.2, 0.25) is 10.0 Å². The van der Waals surface area contributed by atoms with Gasteiger partial charge in [0.2, 0.25) is 0 Å². The molecule has 0 radical (unpaired) electrons. The second-order valence-electron chi connectivity index (χ2n) is 7.44. The molecule has 176 valence electrons. The van der Waals surface area contributed by atoms with Crippen molar-refractivity contribution in [1.29, 1.82) is 0 Å². The number of fused-ring (bicyclic) bond motifs is 1. The Morgan fingerprint density at radius 1 is 1.12 bits per heavy atom. The number of rotatable bonds is 5. The van der Waals surface area contributed by atoms with Gasteiger partial charge in [-0.25, -0.2) is 18.2 Å². The largest absolute Gasteiger partial charge is 0.351 e. The number of aromatic nitrogens is 2. The Kier molecular flexibility index (Phi) is 5.97. The highest BCUT2D eigenvalue weighted by atomic mass is 35.5. The maximum absolute atomic E-state index is 14.6. The Bertz CT molecular complexity index is 1430. The second-order valence-corrected chi connectivity index (χ2v) is 9.86.